The molecule has 0 radical (unpaired) electrons. The van der Waals surface area contributed by atoms with Crippen LogP contribution in [0.1, 0.15) is 44.5 Å². The average molecular weight is 377 g/mol. The van der Waals surface area contributed by atoms with Crippen LogP contribution in [0.4, 0.5) is 5.82 Å². The molecule has 146 valence electrons. The van der Waals surface area contributed by atoms with E-state index in [1.54, 1.807) is 13.1 Å². The number of hydrogen-bond donors (Lipinski definition) is 4. The zero-order chi connectivity index (χ0) is 19.6. The highest BCUT2D eigenvalue weighted by atomic mass is 16.3. The average Bonchev–Trinajstić information content (AvgIpc) is 3.29. The molecule has 1 aliphatic heterocycles. The number of hydrogen-bond acceptors (Lipinski definition) is 7. The van der Waals surface area contributed by atoms with Gasteiger partial charge in [0.1, 0.15) is 17.6 Å². The first-order chi connectivity index (χ1) is 12.9. The van der Waals surface area contributed by atoms with Gasteiger partial charge in [0.25, 0.3) is 5.56 Å². The maximum absolute atomic E-state index is 12.5. The van der Waals surface area contributed by atoms with Crippen LogP contribution in [0.5, 0.6) is 0 Å². The molecule has 3 atom stereocenters. The van der Waals surface area contributed by atoms with Crippen molar-refractivity contribution in [1.82, 2.24) is 30.3 Å². The Morgan fingerprint density at radius 1 is 1.44 bits per heavy atom. The number of anilines is 1. The molecule has 11 heteroatoms. The third-order valence-electron chi connectivity index (χ3n) is 4.65. The number of carbonyl (C=O) groups excluding carboxylic acids is 1. The molecule has 0 saturated carbocycles. The second-order valence-electron chi connectivity index (χ2n) is 6.64. The molecular formula is C16H23N7O4. The molecule has 4 N–H and O–H groups in total. The molecular weight excluding hydrogens is 354 g/mol. The van der Waals surface area contributed by atoms with Crippen LogP contribution in [-0.2, 0) is 4.79 Å². The van der Waals surface area contributed by atoms with Crippen LogP contribution in [-0.4, -0.2) is 55.1 Å². The van der Waals surface area contributed by atoms with E-state index in [1.807, 2.05) is 11.8 Å². The Bertz CT molecular complexity index is 889. The van der Waals surface area contributed by atoms with Gasteiger partial charge in [0.05, 0.1) is 12.3 Å². The standard InChI is InChI=1S/C16H23N7O4/c1-3-12(24)11-8-23(21-20-11)9(2)15(26)17-10-4-5-22(7-10)13-6-14(25)19-16(27)18-13/h6,8-10,12,24H,3-5,7H2,1-2H3,(H,17,26)(H2,18,19,25,27)/t9?,10-,12?/m1/s1. The van der Waals surface area contributed by atoms with Crippen molar-refractivity contribution in [2.75, 3.05) is 18.0 Å². The Hall–Kier alpha value is -2.95. The fourth-order valence-electron chi connectivity index (χ4n) is 3.01. The molecule has 2 unspecified atom stereocenters. The summed E-state index contributed by atoms with van der Waals surface area (Å²) < 4.78 is 1.42. The Labute approximate surface area is 154 Å². The number of H-pyrrole nitrogens is 2. The zero-order valence-corrected chi connectivity index (χ0v) is 15.2. The largest absolute Gasteiger partial charge is 0.387 e. The number of aromatic amines is 2. The van der Waals surface area contributed by atoms with Crippen molar-refractivity contribution in [3.8, 4) is 0 Å². The van der Waals surface area contributed by atoms with Crippen LogP contribution in [0.2, 0.25) is 0 Å². The van der Waals surface area contributed by atoms with Crippen LogP contribution in [0.3, 0.4) is 0 Å². The van der Waals surface area contributed by atoms with Crippen LogP contribution in [0, 0.1) is 0 Å². The summed E-state index contributed by atoms with van der Waals surface area (Å²) in [5, 5.41) is 20.6. The summed E-state index contributed by atoms with van der Waals surface area (Å²) >= 11 is 0. The minimum Gasteiger partial charge on any atom is -0.387 e. The molecule has 3 heterocycles. The summed E-state index contributed by atoms with van der Waals surface area (Å²) in [4.78, 5) is 41.9. The van der Waals surface area contributed by atoms with Gasteiger partial charge in [0, 0.05) is 25.2 Å². The van der Waals surface area contributed by atoms with Gasteiger partial charge in [-0.15, -0.1) is 5.10 Å². The monoisotopic (exact) mass is 377 g/mol. The maximum atomic E-state index is 12.5. The minimum absolute atomic E-state index is 0.119. The maximum Gasteiger partial charge on any atom is 0.327 e. The van der Waals surface area contributed by atoms with Gasteiger partial charge >= 0.3 is 5.69 Å². The minimum atomic E-state index is -0.700. The Balaban J connectivity index is 1.60. The number of nitrogens with one attached hydrogen (secondary N) is 3. The van der Waals surface area contributed by atoms with Gasteiger partial charge in [0.15, 0.2) is 0 Å². The van der Waals surface area contributed by atoms with E-state index in [2.05, 4.69) is 25.6 Å². The summed E-state index contributed by atoms with van der Waals surface area (Å²) in [5.74, 6) is 0.215. The first kappa shape index (κ1) is 18.8. The molecule has 1 aliphatic rings. The van der Waals surface area contributed by atoms with Crippen molar-refractivity contribution >= 4 is 11.7 Å². The van der Waals surface area contributed by atoms with Crippen molar-refractivity contribution in [3.63, 3.8) is 0 Å². The van der Waals surface area contributed by atoms with Crippen molar-refractivity contribution < 1.29 is 9.90 Å². The van der Waals surface area contributed by atoms with Crippen LogP contribution in [0.25, 0.3) is 0 Å². The first-order valence-corrected chi connectivity index (χ1v) is 8.86. The zero-order valence-electron chi connectivity index (χ0n) is 15.2. The van der Waals surface area contributed by atoms with Crippen molar-refractivity contribution in [3.05, 3.63) is 38.8 Å². The molecule has 2 aromatic rings. The van der Waals surface area contributed by atoms with E-state index >= 15 is 0 Å². The van der Waals surface area contributed by atoms with Gasteiger partial charge in [-0.2, -0.15) is 0 Å². The summed E-state index contributed by atoms with van der Waals surface area (Å²) in [7, 11) is 0. The van der Waals surface area contributed by atoms with E-state index in [1.165, 1.54) is 10.7 Å². The first-order valence-electron chi connectivity index (χ1n) is 8.86. The number of aliphatic hydroxyl groups is 1. The fourth-order valence-corrected chi connectivity index (χ4v) is 3.01. The molecule has 0 bridgehead atoms. The molecule has 1 fully saturated rings. The SMILES string of the molecule is CCC(O)c1cn(C(C)C(=O)N[C@@H]2CCN(c3cc(=O)[nH]c(=O)[nH]3)C2)nn1. The molecule has 2 aromatic heterocycles. The molecule has 1 saturated heterocycles. The summed E-state index contributed by atoms with van der Waals surface area (Å²) in [6.45, 7) is 4.62. The van der Waals surface area contributed by atoms with Gasteiger partial charge in [-0.3, -0.25) is 19.6 Å². The lowest BCUT2D eigenvalue weighted by atomic mass is 10.2. The Kier molecular flexibility index (Phi) is 5.40. The highest BCUT2D eigenvalue weighted by Gasteiger charge is 2.27. The molecule has 0 spiro atoms. The van der Waals surface area contributed by atoms with E-state index in [9.17, 15) is 19.5 Å². The highest BCUT2D eigenvalue weighted by molar-refractivity contribution is 5.80. The number of rotatable bonds is 6. The molecule has 0 aromatic carbocycles. The lowest BCUT2D eigenvalue weighted by Gasteiger charge is -2.19. The van der Waals surface area contributed by atoms with Gasteiger partial charge < -0.3 is 15.3 Å². The number of carbonyl (C=O) groups is 1. The van der Waals surface area contributed by atoms with E-state index in [-0.39, 0.29) is 11.9 Å². The van der Waals surface area contributed by atoms with Crippen molar-refractivity contribution in [2.24, 2.45) is 0 Å². The van der Waals surface area contributed by atoms with E-state index < -0.39 is 23.4 Å². The normalized spacial score (nSPS) is 19.1. The topological polar surface area (TPSA) is 149 Å². The second kappa shape index (κ2) is 7.74. The summed E-state index contributed by atoms with van der Waals surface area (Å²) in [5.41, 5.74) is -0.594. The molecule has 1 amide bonds. The van der Waals surface area contributed by atoms with E-state index in [4.69, 9.17) is 0 Å². The van der Waals surface area contributed by atoms with Crippen LogP contribution >= 0.6 is 0 Å². The number of aromatic nitrogens is 5. The molecule has 3 rings (SSSR count). The van der Waals surface area contributed by atoms with Crippen LogP contribution < -0.4 is 21.5 Å². The van der Waals surface area contributed by atoms with Gasteiger partial charge in [-0.1, -0.05) is 12.1 Å². The lowest BCUT2D eigenvalue weighted by Crippen LogP contribution is -2.41. The Morgan fingerprint density at radius 2 is 2.22 bits per heavy atom. The third kappa shape index (κ3) is 4.25. The van der Waals surface area contributed by atoms with E-state index in [0.717, 1.165) is 0 Å². The van der Waals surface area contributed by atoms with Crippen LogP contribution in [0.15, 0.2) is 21.9 Å². The highest BCUT2D eigenvalue weighted by Crippen LogP contribution is 2.17. The second-order valence-corrected chi connectivity index (χ2v) is 6.64. The smallest absolute Gasteiger partial charge is 0.327 e. The van der Waals surface area contributed by atoms with Crippen molar-refractivity contribution in [1.29, 1.82) is 0 Å². The molecule has 0 aliphatic carbocycles. The number of amides is 1. The van der Waals surface area contributed by atoms with E-state index in [0.29, 0.717) is 37.4 Å². The summed E-state index contributed by atoms with van der Waals surface area (Å²) in [6, 6.07) is 0.625. The predicted octanol–water partition coefficient (Wildman–Crippen LogP) is -0.946. The van der Waals surface area contributed by atoms with Crippen molar-refractivity contribution in [2.45, 2.75) is 44.9 Å². The molecule has 27 heavy (non-hydrogen) atoms. The van der Waals surface area contributed by atoms with Gasteiger partial charge in [-0.25, -0.2) is 9.48 Å². The Morgan fingerprint density at radius 3 is 2.93 bits per heavy atom. The number of aliphatic hydroxyl groups excluding tert-OH is 1. The lowest BCUT2D eigenvalue weighted by molar-refractivity contribution is -0.124. The van der Waals surface area contributed by atoms with Gasteiger partial charge in [-0.05, 0) is 19.8 Å². The predicted molar refractivity (Wildman–Crippen MR) is 96.4 cm³/mol. The third-order valence-corrected chi connectivity index (χ3v) is 4.65. The summed E-state index contributed by atoms with van der Waals surface area (Å²) in [6.07, 6.45) is 2.07. The fraction of sp³-hybridized carbons (Fsp3) is 0.562. The quantitative estimate of drug-likeness (QED) is 0.507. The van der Waals surface area contributed by atoms with Gasteiger partial charge in [0.2, 0.25) is 5.91 Å². The molecule has 11 nitrogen and oxygen atoms in total. The number of nitrogens with zero attached hydrogens (tertiary/aromatic N) is 4.